The minimum Gasteiger partial charge on any atom is -0.340 e. The van der Waals surface area contributed by atoms with Crippen LogP contribution in [0.5, 0.6) is 0 Å². The number of carbonyl (C=O) groups excluding carboxylic acids is 1. The van der Waals surface area contributed by atoms with Crippen molar-refractivity contribution in [3.05, 3.63) is 66.0 Å². The average molecular weight is 345 g/mol. The zero-order valence-electron chi connectivity index (χ0n) is 14.9. The normalized spacial score (nSPS) is 11.0. The summed E-state index contributed by atoms with van der Waals surface area (Å²) in [7, 11) is 1.63. The van der Waals surface area contributed by atoms with Crippen LogP contribution in [0.4, 0.5) is 16.3 Å². The highest BCUT2D eigenvalue weighted by Gasteiger charge is 2.25. The lowest BCUT2D eigenvalue weighted by Crippen LogP contribution is -2.35. The van der Waals surface area contributed by atoms with E-state index >= 15 is 0 Å². The number of benzene rings is 2. The van der Waals surface area contributed by atoms with Crippen LogP contribution < -0.4 is 10.2 Å². The number of urea groups is 1. The molecule has 2 aromatic carbocycles. The van der Waals surface area contributed by atoms with E-state index in [4.69, 9.17) is 4.98 Å². The third-order valence-corrected chi connectivity index (χ3v) is 4.40. The molecule has 26 heavy (non-hydrogen) atoms. The lowest BCUT2D eigenvalue weighted by Gasteiger charge is -2.23. The van der Waals surface area contributed by atoms with E-state index in [1.165, 1.54) is 0 Å². The Morgan fingerprint density at radius 3 is 2.38 bits per heavy atom. The van der Waals surface area contributed by atoms with Gasteiger partial charge in [0.15, 0.2) is 5.65 Å². The van der Waals surface area contributed by atoms with Gasteiger partial charge in [0.25, 0.3) is 0 Å². The highest BCUT2D eigenvalue weighted by molar-refractivity contribution is 6.00. The number of aromatic nitrogens is 3. The zero-order chi connectivity index (χ0) is 18.3. The van der Waals surface area contributed by atoms with Crippen LogP contribution in [-0.4, -0.2) is 27.4 Å². The van der Waals surface area contributed by atoms with Crippen LogP contribution in [0.25, 0.3) is 16.7 Å². The van der Waals surface area contributed by atoms with Gasteiger partial charge in [-0.1, -0.05) is 30.3 Å². The van der Waals surface area contributed by atoms with Gasteiger partial charge in [-0.3, -0.25) is 4.40 Å². The summed E-state index contributed by atoms with van der Waals surface area (Å²) in [4.78, 5) is 23.8. The second-order valence-corrected chi connectivity index (χ2v) is 6.09. The number of aryl methyl sites for hydroxylation is 2. The van der Waals surface area contributed by atoms with Gasteiger partial charge in [-0.15, -0.1) is 0 Å². The maximum Gasteiger partial charge on any atom is 0.327 e. The minimum atomic E-state index is -0.223. The van der Waals surface area contributed by atoms with Crippen molar-refractivity contribution in [3.8, 4) is 0 Å². The quantitative estimate of drug-likeness (QED) is 0.598. The van der Waals surface area contributed by atoms with Gasteiger partial charge in [0.1, 0.15) is 5.82 Å². The molecule has 0 bridgehead atoms. The number of para-hydroxylation sites is 3. The Hall–Kier alpha value is -3.41. The number of nitrogens with one attached hydrogen (secondary N) is 1. The number of rotatable bonds is 2. The molecule has 0 fully saturated rings. The van der Waals surface area contributed by atoms with E-state index in [-0.39, 0.29) is 6.03 Å². The monoisotopic (exact) mass is 345 g/mol. The summed E-state index contributed by atoms with van der Waals surface area (Å²) in [6.07, 6.45) is 0. The Bertz CT molecular complexity index is 1120. The second-order valence-electron chi connectivity index (χ2n) is 6.09. The van der Waals surface area contributed by atoms with Crippen molar-refractivity contribution in [1.82, 2.24) is 19.7 Å². The average Bonchev–Trinajstić information content (AvgIpc) is 3.01. The molecule has 2 aromatic heterocycles. The molecule has 4 aromatic rings. The van der Waals surface area contributed by atoms with Gasteiger partial charge in [0.2, 0.25) is 0 Å². The van der Waals surface area contributed by atoms with Gasteiger partial charge >= 0.3 is 6.03 Å². The van der Waals surface area contributed by atoms with E-state index in [0.717, 1.165) is 33.8 Å². The molecule has 130 valence electrons. The predicted octanol–water partition coefficient (Wildman–Crippen LogP) is 3.98. The van der Waals surface area contributed by atoms with E-state index in [0.29, 0.717) is 5.82 Å². The largest absolute Gasteiger partial charge is 0.340 e. The molecule has 4 rings (SSSR count). The molecular formula is C20H19N5O. The van der Waals surface area contributed by atoms with Gasteiger partial charge in [-0.25, -0.2) is 19.7 Å². The molecule has 0 aliphatic heterocycles. The van der Waals surface area contributed by atoms with E-state index in [1.54, 1.807) is 11.9 Å². The number of fused-ring (bicyclic) bond motifs is 3. The van der Waals surface area contributed by atoms with Gasteiger partial charge in [-0.2, -0.15) is 0 Å². The van der Waals surface area contributed by atoms with Crippen LogP contribution in [0.2, 0.25) is 0 Å². The molecule has 1 N–H and O–H groups in total. The van der Waals surface area contributed by atoms with E-state index in [2.05, 4.69) is 10.3 Å². The molecule has 2 heterocycles. The van der Waals surface area contributed by atoms with Gasteiger partial charge in [0.05, 0.1) is 28.1 Å². The fraction of sp³-hybridized carbons (Fsp3) is 0.150. The summed E-state index contributed by atoms with van der Waals surface area (Å²) in [6.45, 7) is 3.85. The number of hydrogen-bond donors (Lipinski definition) is 1. The smallest absolute Gasteiger partial charge is 0.327 e. The molecule has 0 saturated heterocycles. The Morgan fingerprint density at radius 2 is 1.65 bits per heavy atom. The molecule has 0 spiro atoms. The SMILES string of the molecule is CNC(=O)N(c1ccccc1)c1c(C)nc2c(C)nc3ccccc3n12. The molecular weight excluding hydrogens is 326 g/mol. The highest BCUT2D eigenvalue weighted by Crippen LogP contribution is 2.32. The lowest BCUT2D eigenvalue weighted by atomic mass is 10.2. The standard InChI is InChI=1S/C20H19N5O/c1-13-18-23-14(2)19(25(18)17-12-8-7-11-16(17)22-13)24(20(26)21-3)15-9-5-4-6-10-15/h4-12H,1-3H3,(H,21,26). The van der Waals surface area contributed by atoms with Crippen LogP contribution in [0.1, 0.15) is 11.4 Å². The zero-order valence-corrected chi connectivity index (χ0v) is 14.9. The summed E-state index contributed by atoms with van der Waals surface area (Å²) in [6, 6.07) is 17.2. The first-order valence-corrected chi connectivity index (χ1v) is 8.43. The first-order chi connectivity index (χ1) is 12.6. The first-order valence-electron chi connectivity index (χ1n) is 8.43. The summed E-state index contributed by atoms with van der Waals surface area (Å²) in [5.74, 6) is 0.715. The fourth-order valence-electron chi connectivity index (χ4n) is 3.26. The lowest BCUT2D eigenvalue weighted by molar-refractivity contribution is 0.250. The molecule has 0 atom stereocenters. The van der Waals surface area contributed by atoms with Crippen molar-refractivity contribution in [2.24, 2.45) is 0 Å². The Balaban J connectivity index is 2.12. The van der Waals surface area contributed by atoms with Crippen LogP contribution in [0.15, 0.2) is 54.6 Å². The van der Waals surface area contributed by atoms with Gasteiger partial charge in [-0.05, 0) is 38.1 Å². The summed E-state index contributed by atoms with van der Waals surface area (Å²) >= 11 is 0. The Morgan fingerprint density at radius 1 is 0.962 bits per heavy atom. The number of carbonyl (C=O) groups is 1. The van der Waals surface area contributed by atoms with E-state index in [1.807, 2.05) is 72.8 Å². The number of imidazole rings is 1. The number of nitrogens with zero attached hydrogens (tertiary/aromatic N) is 4. The van der Waals surface area contributed by atoms with Gasteiger partial charge < -0.3 is 5.32 Å². The van der Waals surface area contributed by atoms with Crippen LogP contribution in [0.3, 0.4) is 0 Å². The minimum absolute atomic E-state index is 0.223. The summed E-state index contributed by atoms with van der Waals surface area (Å²) < 4.78 is 2.01. The van der Waals surface area contributed by atoms with E-state index in [9.17, 15) is 4.79 Å². The van der Waals surface area contributed by atoms with Gasteiger partial charge in [0, 0.05) is 7.05 Å². The summed E-state index contributed by atoms with van der Waals surface area (Å²) in [5.41, 5.74) is 4.88. The second kappa shape index (κ2) is 6.15. The van der Waals surface area contributed by atoms with Crippen LogP contribution in [0, 0.1) is 13.8 Å². The summed E-state index contributed by atoms with van der Waals surface area (Å²) in [5, 5.41) is 2.74. The molecule has 0 saturated carbocycles. The molecule has 0 aliphatic rings. The maximum atomic E-state index is 12.8. The topological polar surface area (TPSA) is 62.5 Å². The molecule has 0 aliphatic carbocycles. The molecule has 0 radical (unpaired) electrons. The van der Waals surface area contributed by atoms with Crippen molar-refractivity contribution in [1.29, 1.82) is 0 Å². The first kappa shape index (κ1) is 16.1. The Labute approximate surface area is 151 Å². The number of anilines is 2. The Kier molecular flexibility index (Phi) is 3.80. The molecule has 0 unspecified atom stereocenters. The number of hydrogen-bond acceptors (Lipinski definition) is 3. The van der Waals surface area contributed by atoms with Crippen LogP contribution in [-0.2, 0) is 0 Å². The maximum absolute atomic E-state index is 12.8. The third-order valence-electron chi connectivity index (χ3n) is 4.40. The molecule has 2 amide bonds. The third kappa shape index (κ3) is 2.38. The molecule has 6 nitrogen and oxygen atoms in total. The fourth-order valence-corrected chi connectivity index (χ4v) is 3.26. The van der Waals surface area contributed by atoms with Crippen molar-refractivity contribution in [2.45, 2.75) is 13.8 Å². The van der Waals surface area contributed by atoms with E-state index < -0.39 is 0 Å². The van der Waals surface area contributed by atoms with Crippen molar-refractivity contribution in [2.75, 3.05) is 11.9 Å². The van der Waals surface area contributed by atoms with Crippen molar-refractivity contribution < 1.29 is 4.79 Å². The van der Waals surface area contributed by atoms with Crippen molar-refractivity contribution in [3.63, 3.8) is 0 Å². The number of amides is 2. The van der Waals surface area contributed by atoms with Crippen LogP contribution >= 0.6 is 0 Å². The molecule has 6 heteroatoms. The van der Waals surface area contributed by atoms with Crippen molar-refractivity contribution >= 4 is 34.2 Å². The predicted molar refractivity (Wildman–Crippen MR) is 103 cm³/mol. The highest BCUT2D eigenvalue weighted by atomic mass is 16.2.